The number of aryl methyl sites for hydroxylation is 1. The van der Waals surface area contributed by atoms with E-state index in [9.17, 15) is 13.2 Å². The van der Waals surface area contributed by atoms with Crippen molar-refractivity contribution in [2.45, 2.75) is 37.9 Å². The van der Waals surface area contributed by atoms with Crippen LogP contribution in [0.25, 0.3) is 11.0 Å². The zero-order valence-corrected chi connectivity index (χ0v) is 11.7. The average molecular weight is 298 g/mol. The van der Waals surface area contributed by atoms with Crippen molar-refractivity contribution in [1.29, 1.82) is 0 Å². The van der Waals surface area contributed by atoms with E-state index >= 15 is 0 Å². The van der Waals surface area contributed by atoms with Gasteiger partial charge in [-0.2, -0.15) is 13.2 Å². The first-order valence-corrected chi connectivity index (χ1v) is 7.08. The van der Waals surface area contributed by atoms with Crippen LogP contribution in [-0.2, 0) is 12.0 Å². The van der Waals surface area contributed by atoms with Crippen LogP contribution in [0.3, 0.4) is 0 Å². The Hall–Kier alpha value is -1.63. The fourth-order valence-corrected chi connectivity index (χ4v) is 3.05. The maximum atomic E-state index is 13.7. The minimum atomic E-state index is -4.32. The molecule has 1 saturated heterocycles. The van der Waals surface area contributed by atoms with Gasteiger partial charge in [-0.05, 0) is 25.5 Å². The second-order valence-corrected chi connectivity index (χ2v) is 5.46. The second kappa shape index (κ2) is 4.98. The molecule has 1 N–H and O–H groups in total. The van der Waals surface area contributed by atoms with Crippen LogP contribution < -0.4 is 5.32 Å². The van der Waals surface area contributed by atoms with Crippen LogP contribution in [-0.4, -0.2) is 33.8 Å². The standard InChI is InChI=1S/C14H17F3N4/c1-2-7-21-11-3-5-18-8-10(11)20-12(21)13(14(15,16)17)4-6-19-9-13/h3,5,8,19H,2,4,6-7,9H2,1H3. The quantitative estimate of drug-likeness (QED) is 0.947. The summed E-state index contributed by atoms with van der Waals surface area (Å²) < 4.78 is 42.9. The summed E-state index contributed by atoms with van der Waals surface area (Å²) >= 11 is 0. The normalized spacial score (nSPS) is 23.0. The Morgan fingerprint density at radius 2 is 2.24 bits per heavy atom. The van der Waals surface area contributed by atoms with Gasteiger partial charge in [0, 0.05) is 19.3 Å². The van der Waals surface area contributed by atoms with Crippen LogP contribution in [0.2, 0.25) is 0 Å². The van der Waals surface area contributed by atoms with E-state index in [0.717, 1.165) is 11.9 Å². The van der Waals surface area contributed by atoms with E-state index in [0.29, 0.717) is 18.6 Å². The van der Waals surface area contributed by atoms with Crippen molar-refractivity contribution in [3.05, 3.63) is 24.3 Å². The van der Waals surface area contributed by atoms with Gasteiger partial charge in [-0.1, -0.05) is 6.92 Å². The molecule has 114 valence electrons. The Kier molecular flexibility index (Phi) is 3.39. The van der Waals surface area contributed by atoms with Gasteiger partial charge in [0.15, 0.2) is 0 Å². The predicted molar refractivity (Wildman–Crippen MR) is 73.0 cm³/mol. The van der Waals surface area contributed by atoms with Crippen molar-refractivity contribution in [2.24, 2.45) is 0 Å². The lowest BCUT2D eigenvalue weighted by Crippen LogP contribution is -2.46. The van der Waals surface area contributed by atoms with Gasteiger partial charge in [-0.25, -0.2) is 4.98 Å². The number of imidazole rings is 1. The van der Waals surface area contributed by atoms with E-state index in [2.05, 4.69) is 15.3 Å². The highest BCUT2D eigenvalue weighted by molar-refractivity contribution is 5.75. The SMILES string of the molecule is CCCn1c(C2(C(F)(F)F)CCNC2)nc2cnccc21. The van der Waals surface area contributed by atoms with Gasteiger partial charge in [-0.3, -0.25) is 4.98 Å². The van der Waals surface area contributed by atoms with E-state index in [1.807, 2.05) is 6.92 Å². The molecule has 3 rings (SSSR count). The largest absolute Gasteiger partial charge is 0.402 e. The molecule has 0 saturated carbocycles. The lowest BCUT2D eigenvalue weighted by atomic mass is 9.85. The van der Waals surface area contributed by atoms with E-state index in [4.69, 9.17) is 0 Å². The first kappa shape index (κ1) is 14.3. The minimum absolute atomic E-state index is 0.0248. The number of nitrogens with one attached hydrogen (secondary N) is 1. The molecule has 1 aliphatic heterocycles. The molecule has 0 amide bonds. The van der Waals surface area contributed by atoms with Crippen LogP contribution in [0, 0.1) is 0 Å². The van der Waals surface area contributed by atoms with Gasteiger partial charge in [0.1, 0.15) is 16.8 Å². The van der Waals surface area contributed by atoms with Crippen LogP contribution in [0.4, 0.5) is 13.2 Å². The van der Waals surface area contributed by atoms with Crippen molar-refractivity contribution in [2.75, 3.05) is 13.1 Å². The van der Waals surface area contributed by atoms with Crippen molar-refractivity contribution < 1.29 is 13.2 Å². The summed E-state index contributed by atoms with van der Waals surface area (Å²) in [4.78, 5) is 8.26. The highest BCUT2D eigenvalue weighted by Crippen LogP contribution is 2.45. The highest BCUT2D eigenvalue weighted by atomic mass is 19.4. The molecule has 1 atom stereocenters. The summed E-state index contributed by atoms with van der Waals surface area (Å²) in [7, 11) is 0. The fourth-order valence-electron chi connectivity index (χ4n) is 3.05. The Balaban J connectivity index is 2.25. The van der Waals surface area contributed by atoms with Gasteiger partial charge >= 0.3 is 6.18 Å². The molecule has 2 aromatic heterocycles. The number of fused-ring (bicyclic) bond motifs is 1. The molecule has 0 radical (unpaired) electrons. The summed E-state index contributed by atoms with van der Waals surface area (Å²) in [6.07, 6.45) is -0.430. The number of alkyl halides is 3. The van der Waals surface area contributed by atoms with Crippen LogP contribution in [0.15, 0.2) is 18.5 Å². The molecule has 1 fully saturated rings. The highest BCUT2D eigenvalue weighted by Gasteiger charge is 2.59. The summed E-state index contributed by atoms with van der Waals surface area (Å²) in [6, 6.07) is 1.73. The second-order valence-electron chi connectivity index (χ2n) is 5.46. The fraction of sp³-hybridized carbons (Fsp3) is 0.571. The topological polar surface area (TPSA) is 42.7 Å². The number of nitrogens with zero attached hydrogens (tertiary/aromatic N) is 3. The van der Waals surface area contributed by atoms with Crippen molar-refractivity contribution in [3.63, 3.8) is 0 Å². The van der Waals surface area contributed by atoms with Gasteiger partial charge in [0.2, 0.25) is 0 Å². The first-order valence-electron chi connectivity index (χ1n) is 7.08. The molecule has 0 aliphatic carbocycles. The summed E-state index contributed by atoms with van der Waals surface area (Å²) in [5, 5.41) is 2.84. The molecule has 2 aromatic rings. The third kappa shape index (κ3) is 2.10. The molecular weight excluding hydrogens is 281 g/mol. The Labute approximate surface area is 120 Å². The third-order valence-corrected chi connectivity index (χ3v) is 4.12. The molecule has 0 aromatic carbocycles. The van der Waals surface area contributed by atoms with Gasteiger partial charge in [-0.15, -0.1) is 0 Å². The van der Waals surface area contributed by atoms with Crippen LogP contribution >= 0.6 is 0 Å². The van der Waals surface area contributed by atoms with Crippen molar-refractivity contribution in [1.82, 2.24) is 19.9 Å². The number of pyridine rings is 1. The van der Waals surface area contributed by atoms with Crippen molar-refractivity contribution in [3.8, 4) is 0 Å². The molecule has 4 nitrogen and oxygen atoms in total. The average Bonchev–Trinajstić information content (AvgIpc) is 3.04. The van der Waals surface area contributed by atoms with Crippen LogP contribution in [0.5, 0.6) is 0 Å². The Bertz CT molecular complexity index is 641. The maximum absolute atomic E-state index is 13.7. The zero-order chi connectivity index (χ0) is 15.1. The lowest BCUT2D eigenvalue weighted by Gasteiger charge is -2.30. The van der Waals surface area contributed by atoms with Crippen molar-refractivity contribution >= 4 is 11.0 Å². The maximum Gasteiger partial charge on any atom is 0.402 e. The predicted octanol–water partition coefficient (Wildman–Crippen LogP) is 2.63. The smallest absolute Gasteiger partial charge is 0.327 e. The van der Waals surface area contributed by atoms with E-state index in [1.165, 1.54) is 6.20 Å². The molecule has 0 bridgehead atoms. The number of halogens is 3. The molecule has 0 spiro atoms. The van der Waals surface area contributed by atoms with E-state index in [1.54, 1.807) is 16.8 Å². The molecule has 1 unspecified atom stereocenters. The lowest BCUT2D eigenvalue weighted by molar-refractivity contribution is -0.187. The van der Waals surface area contributed by atoms with Gasteiger partial charge in [0.25, 0.3) is 0 Å². The Morgan fingerprint density at radius 3 is 2.86 bits per heavy atom. The Morgan fingerprint density at radius 1 is 1.43 bits per heavy atom. The molecule has 7 heteroatoms. The van der Waals surface area contributed by atoms with Gasteiger partial charge in [0.05, 0.1) is 11.7 Å². The molecule has 3 heterocycles. The van der Waals surface area contributed by atoms with Gasteiger partial charge < -0.3 is 9.88 Å². The zero-order valence-electron chi connectivity index (χ0n) is 11.7. The molecular formula is C14H17F3N4. The minimum Gasteiger partial charge on any atom is -0.327 e. The number of hydrogen-bond acceptors (Lipinski definition) is 3. The summed E-state index contributed by atoms with van der Waals surface area (Å²) in [5.41, 5.74) is -0.657. The number of hydrogen-bond donors (Lipinski definition) is 1. The summed E-state index contributed by atoms with van der Waals surface area (Å²) in [5.74, 6) is 0.116. The summed E-state index contributed by atoms with van der Waals surface area (Å²) in [6.45, 7) is 2.71. The third-order valence-electron chi connectivity index (χ3n) is 4.12. The van der Waals surface area contributed by atoms with E-state index in [-0.39, 0.29) is 18.8 Å². The first-order chi connectivity index (χ1) is 9.99. The van der Waals surface area contributed by atoms with Crippen LogP contribution in [0.1, 0.15) is 25.6 Å². The number of aromatic nitrogens is 3. The molecule has 1 aliphatic rings. The van der Waals surface area contributed by atoms with E-state index < -0.39 is 11.6 Å². The molecule has 21 heavy (non-hydrogen) atoms. The number of rotatable bonds is 3. The monoisotopic (exact) mass is 298 g/mol.